The third-order valence-corrected chi connectivity index (χ3v) is 2.78. The summed E-state index contributed by atoms with van der Waals surface area (Å²) in [7, 11) is 2.80. The molecule has 22 heavy (non-hydrogen) atoms. The first-order valence-electron chi connectivity index (χ1n) is 5.56. The Morgan fingerprint density at radius 3 is 1.41 bits per heavy atom. The monoisotopic (exact) mass is 336 g/mol. The van der Waals surface area contributed by atoms with Crippen LogP contribution in [0.5, 0.6) is 17.2 Å². The first-order chi connectivity index (χ1) is 9.93. The van der Waals surface area contributed by atoms with Gasteiger partial charge in [0.05, 0.1) is 21.3 Å². The number of hydrogen-bond acceptors (Lipinski definition) is 3. The van der Waals surface area contributed by atoms with Crippen molar-refractivity contribution in [3.05, 3.63) is 17.7 Å². The minimum atomic E-state index is -6.47. The molecule has 0 atom stereocenters. The normalized spacial score (nSPS) is 13.0. The average Bonchev–Trinajstić information content (AvgIpc) is 2.43. The van der Waals surface area contributed by atoms with Crippen LogP contribution in [0.15, 0.2) is 12.1 Å². The Morgan fingerprint density at radius 1 is 0.727 bits per heavy atom. The van der Waals surface area contributed by atoms with E-state index in [0.29, 0.717) is 0 Å². The van der Waals surface area contributed by atoms with Crippen molar-refractivity contribution in [3.8, 4) is 17.2 Å². The number of halogens is 7. The molecule has 0 amide bonds. The van der Waals surface area contributed by atoms with Gasteiger partial charge in [0, 0.05) is 12.1 Å². The second-order valence-corrected chi connectivity index (χ2v) is 4.05. The third kappa shape index (κ3) is 2.73. The lowest BCUT2D eigenvalue weighted by Crippen LogP contribution is -2.50. The molecule has 1 aromatic rings. The van der Waals surface area contributed by atoms with Crippen molar-refractivity contribution in [1.82, 2.24) is 0 Å². The Hall–Kier alpha value is -1.87. The Labute approximate surface area is 120 Å². The molecule has 1 rings (SSSR count). The zero-order chi connectivity index (χ0) is 17.3. The van der Waals surface area contributed by atoms with Gasteiger partial charge in [-0.05, 0) is 0 Å². The summed E-state index contributed by atoms with van der Waals surface area (Å²) in [6.07, 6.45) is -6.47. The number of benzene rings is 1. The molecule has 0 aliphatic rings. The largest absolute Gasteiger partial charge is 0.496 e. The predicted octanol–water partition coefficient (Wildman–Crippen LogP) is 4.00. The molecule has 0 saturated heterocycles. The van der Waals surface area contributed by atoms with Gasteiger partial charge in [-0.2, -0.15) is 30.7 Å². The van der Waals surface area contributed by atoms with Crippen molar-refractivity contribution in [3.63, 3.8) is 0 Å². The topological polar surface area (TPSA) is 27.7 Å². The molecule has 0 heterocycles. The van der Waals surface area contributed by atoms with Crippen LogP contribution in [-0.4, -0.2) is 33.4 Å². The van der Waals surface area contributed by atoms with E-state index < -0.39 is 35.1 Å². The van der Waals surface area contributed by atoms with Crippen LogP contribution in [0.3, 0.4) is 0 Å². The number of methoxy groups -OCH3 is 3. The maximum atomic E-state index is 13.9. The highest BCUT2D eigenvalue weighted by Crippen LogP contribution is 2.56. The van der Waals surface area contributed by atoms with Gasteiger partial charge in [-0.15, -0.1) is 0 Å². The molecule has 0 aromatic heterocycles. The van der Waals surface area contributed by atoms with Gasteiger partial charge >= 0.3 is 18.0 Å². The highest BCUT2D eigenvalue weighted by molar-refractivity contribution is 5.53. The zero-order valence-corrected chi connectivity index (χ0v) is 11.5. The summed E-state index contributed by atoms with van der Waals surface area (Å²) in [5.41, 5.74) is -1.72. The van der Waals surface area contributed by atoms with Crippen molar-refractivity contribution >= 4 is 0 Å². The highest BCUT2D eigenvalue weighted by atomic mass is 19.4. The standard InChI is InChI=1S/C12H11F7O3/c1-20-6-4-7(21-2)9(8(5-6)22-3)10(13,14)11(15,16)12(17,18)19/h4-5H,1-3H3. The molecular formula is C12H11F7O3. The summed E-state index contributed by atoms with van der Waals surface area (Å²) in [5, 5.41) is 0. The van der Waals surface area contributed by atoms with Crippen LogP contribution in [0.1, 0.15) is 5.56 Å². The summed E-state index contributed by atoms with van der Waals surface area (Å²) in [6.45, 7) is 0. The Balaban J connectivity index is 3.66. The number of hydrogen-bond donors (Lipinski definition) is 0. The summed E-state index contributed by atoms with van der Waals surface area (Å²) in [4.78, 5) is 0. The Morgan fingerprint density at radius 2 is 1.14 bits per heavy atom. The van der Waals surface area contributed by atoms with Crippen LogP contribution in [0.25, 0.3) is 0 Å². The van der Waals surface area contributed by atoms with E-state index in [1.54, 1.807) is 0 Å². The van der Waals surface area contributed by atoms with Gasteiger partial charge in [0.2, 0.25) is 0 Å². The van der Waals surface area contributed by atoms with Gasteiger partial charge in [-0.1, -0.05) is 0 Å². The van der Waals surface area contributed by atoms with Crippen molar-refractivity contribution in [1.29, 1.82) is 0 Å². The van der Waals surface area contributed by atoms with Crippen LogP contribution < -0.4 is 14.2 Å². The quantitative estimate of drug-likeness (QED) is 0.761. The van der Waals surface area contributed by atoms with Crippen LogP contribution in [0.4, 0.5) is 30.7 Å². The smallest absolute Gasteiger partial charge is 0.460 e. The summed E-state index contributed by atoms with van der Waals surface area (Å²) in [5.74, 6) is -13.9. The fourth-order valence-corrected chi connectivity index (χ4v) is 1.65. The van der Waals surface area contributed by atoms with Crippen LogP contribution in [0, 0.1) is 0 Å². The van der Waals surface area contributed by atoms with E-state index in [1.807, 2.05) is 0 Å². The van der Waals surface area contributed by atoms with E-state index in [4.69, 9.17) is 4.74 Å². The second kappa shape index (κ2) is 5.73. The third-order valence-electron chi connectivity index (χ3n) is 2.78. The molecule has 0 fully saturated rings. The van der Waals surface area contributed by atoms with Gasteiger partial charge in [-0.25, -0.2) is 0 Å². The summed E-state index contributed by atoms with van der Waals surface area (Å²) >= 11 is 0. The van der Waals surface area contributed by atoms with Crippen LogP contribution in [-0.2, 0) is 5.92 Å². The zero-order valence-electron chi connectivity index (χ0n) is 11.5. The fourth-order valence-electron chi connectivity index (χ4n) is 1.65. The first-order valence-corrected chi connectivity index (χ1v) is 5.56. The van der Waals surface area contributed by atoms with Crippen molar-refractivity contribution in [2.75, 3.05) is 21.3 Å². The van der Waals surface area contributed by atoms with Gasteiger partial charge in [0.25, 0.3) is 0 Å². The summed E-state index contributed by atoms with van der Waals surface area (Å²) < 4.78 is 105. The summed E-state index contributed by atoms with van der Waals surface area (Å²) in [6, 6.07) is 1.50. The fraction of sp³-hybridized carbons (Fsp3) is 0.500. The van der Waals surface area contributed by atoms with Crippen molar-refractivity contribution < 1.29 is 44.9 Å². The van der Waals surface area contributed by atoms with E-state index in [0.717, 1.165) is 33.5 Å². The van der Waals surface area contributed by atoms with E-state index in [2.05, 4.69) is 9.47 Å². The van der Waals surface area contributed by atoms with Gasteiger partial charge in [0.15, 0.2) is 0 Å². The number of ether oxygens (including phenoxy) is 3. The molecule has 0 spiro atoms. The van der Waals surface area contributed by atoms with Gasteiger partial charge in [0.1, 0.15) is 22.8 Å². The van der Waals surface area contributed by atoms with Crippen molar-refractivity contribution in [2.24, 2.45) is 0 Å². The molecule has 0 radical (unpaired) electrons. The number of alkyl halides is 7. The lowest BCUT2D eigenvalue weighted by atomic mass is 9.99. The molecule has 0 aliphatic carbocycles. The van der Waals surface area contributed by atoms with Crippen LogP contribution in [0.2, 0.25) is 0 Å². The number of rotatable bonds is 5. The molecular weight excluding hydrogens is 325 g/mol. The molecule has 10 heteroatoms. The van der Waals surface area contributed by atoms with E-state index in [9.17, 15) is 30.7 Å². The minimum absolute atomic E-state index is 0.122. The van der Waals surface area contributed by atoms with Gasteiger partial charge in [-0.3, -0.25) is 0 Å². The van der Waals surface area contributed by atoms with E-state index in [-0.39, 0.29) is 5.75 Å². The average molecular weight is 336 g/mol. The Kier molecular flexibility index (Phi) is 4.73. The predicted molar refractivity (Wildman–Crippen MR) is 61.0 cm³/mol. The SMILES string of the molecule is COc1cc(OC)c(C(F)(F)C(F)(F)C(F)(F)F)c(OC)c1. The molecule has 3 nitrogen and oxygen atoms in total. The highest BCUT2D eigenvalue weighted by Gasteiger charge is 2.74. The van der Waals surface area contributed by atoms with Gasteiger partial charge < -0.3 is 14.2 Å². The van der Waals surface area contributed by atoms with E-state index >= 15 is 0 Å². The lowest BCUT2D eigenvalue weighted by molar-refractivity contribution is -0.359. The molecule has 0 N–H and O–H groups in total. The molecule has 0 saturated carbocycles. The van der Waals surface area contributed by atoms with Crippen LogP contribution >= 0.6 is 0 Å². The van der Waals surface area contributed by atoms with Crippen molar-refractivity contribution in [2.45, 2.75) is 18.0 Å². The maximum absolute atomic E-state index is 13.9. The molecule has 0 bridgehead atoms. The molecule has 0 unspecified atom stereocenters. The second-order valence-electron chi connectivity index (χ2n) is 4.05. The Bertz CT molecular complexity index is 515. The minimum Gasteiger partial charge on any atom is -0.496 e. The lowest BCUT2D eigenvalue weighted by Gasteiger charge is -2.30. The molecule has 1 aromatic carbocycles. The maximum Gasteiger partial charge on any atom is 0.460 e. The first kappa shape index (κ1) is 18.2. The molecule has 126 valence electrons. The van der Waals surface area contributed by atoms with E-state index in [1.165, 1.54) is 0 Å². The molecule has 0 aliphatic heterocycles.